The van der Waals surface area contributed by atoms with E-state index in [-0.39, 0.29) is 11.5 Å². The predicted molar refractivity (Wildman–Crippen MR) is 108 cm³/mol. The highest BCUT2D eigenvalue weighted by atomic mass is 32.1. The van der Waals surface area contributed by atoms with Gasteiger partial charge in [0.2, 0.25) is 5.91 Å². The second kappa shape index (κ2) is 8.29. The summed E-state index contributed by atoms with van der Waals surface area (Å²) in [6.07, 6.45) is 0.154. The van der Waals surface area contributed by atoms with E-state index < -0.39 is 6.10 Å². The highest BCUT2D eigenvalue weighted by molar-refractivity contribution is 7.11. The summed E-state index contributed by atoms with van der Waals surface area (Å²) in [7, 11) is 0. The smallest absolute Gasteiger partial charge is 0.249 e. The van der Waals surface area contributed by atoms with Crippen LogP contribution >= 0.6 is 11.3 Å². The van der Waals surface area contributed by atoms with Crippen molar-refractivity contribution >= 4 is 17.2 Å². The molecule has 0 radical (unpaired) electrons. The van der Waals surface area contributed by atoms with Crippen LogP contribution in [0.25, 0.3) is 0 Å². The summed E-state index contributed by atoms with van der Waals surface area (Å²) in [4.78, 5) is 20.8. The molecule has 1 aromatic carbocycles. The first-order chi connectivity index (χ1) is 13.5. The molecule has 2 aromatic rings. The fraction of sp³-hybridized carbons (Fsp3) is 0.524. The van der Waals surface area contributed by atoms with Gasteiger partial charge in [-0.3, -0.25) is 9.69 Å². The molecule has 7 heteroatoms. The van der Waals surface area contributed by atoms with Crippen LogP contribution in [0, 0.1) is 13.8 Å². The molecule has 4 rings (SSSR count). The number of hydrogen-bond acceptors (Lipinski definition) is 6. The Labute approximate surface area is 169 Å². The number of aryl methyl sites for hydroxylation is 2. The highest BCUT2D eigenvalue weighted by Gasteiger charge is 2.46. The third-order valence-electron chi connectivity index (χ3n) is 5.40. The molecule has 1 amide bonds. The van der Waals surface area contributed by atoms with Crippen LogP contribution in [0.5, 0.6) is 0 Å². The van der Waals surface area contributed by atoms with E-state index in [1.165, 1.54) is 4.88 Å². The van der Waals surface area contributed by atoms with Crippen LogP contribution < -0.4 is 5.32 Å². The zero-order valence-electron chi connectivity index (χ0n) is 16.4. The largest absolute Gasteiger partial charge is 0.370 e. The van der Waals surface area contributed by atoms with Crippen molar-refractivity contribution in [1.29, 1.82) is 0 Å². The summed E-state index contributed by atoms with van der Waals surface area (Å²) in [5.41, 5.74) is 1.81. The number of ether oxygens (including phenoxy) is 2. The quantitative estimate of drug-likeness (QED) is 0.834. The molecular formula is C21H27N3O3S. The van der Waals surface area contributed by atoms with Gasteiger partial charge in [-0.25, -0.2) is 4.98 Å². The number of rotatable bonds is 5. The Kier molecular flexibility index (Phi) is 5.78. The number of thiazole rings is 1. The molecular weight excluding hydrogens is 374 g/mol. The van der Waals surface area contributed by atoms with Crippen molar-refractivity contribution in [3.05, 3.63) is 51.5 Å². The molecule has 0 aliphatic carbocycles. The van der Waals surface area contributed by atoms with E-state index in [0.717, 1.165) is 35.9 Å². The Bertz CT molecular complexity index is 826. The average Bonchev–Trinajstić information content (AvgIpc) is 3.23. The van der Waals surface area contributed by atoms with Gasteiger partial charge in [-0.1, -0.05) is 30.3 Å². The molecule has 2 aliphatic rings. The number of carbonyl (C=O) groups is 1. The SMILES string of the molecule is Cc1nc(C)c(CN2CCOC3(COC(C(=O)NCc4ccccc4)C3)C2)s1. The first-order valence-electron chi connectivity index (χ1n) is 9.75. The number of aromatic nitrogens is 1. The third kappa shape index (κ3) is 4.43. The Balaban J connectivity index is 1.32. The van der Waals surface area contributed by atoms with Gasteiger partial charge < -0.3 is 14.8 Å². The van der Waals surface area contributed by atoms with Gasteiger partial charge in [0, 0.05) is 37.5 Å². The Morgan fingerprint density at radius 3 is 2.93 bits per heavy atom. The second-order valence-electron chi connectivity index (χ2n) is 7.69. The molecule has 1 N–H and O–H groups in total. The topological polar surface area (TPSA) is 63.7 Å². The number of benzene rings is 1. The van der Waals surface area contributed by atoms with Gasteiger partial charge in [0.15, 0.2) is 0 Å². The number of nitrogens with one attached hydrogen (secondary N) is 1. The summed E-state index contributed by atoms with van der Waals surface area (Å²) in [6.45, 7) is 8.32. The van der Waals surface area contributed by atoms with Crippen molar-refractivity contribution in [1.82, 2.24) is 15.2 Å². The normalized spacial score (nSPS) is 25.3. The zero-order chi connectivity index (χ0) is 19.6. The predicted octanol–water partition coefficient (Wildman–Crippen LogP) is 2.44. The van der Waals surface area contributed by atoms with E-state index >= 15 is 0 Å². The van der Waals surface area contributed by atoms with Gasteiger partial charge in [0.1, 0.15) is 11.7 Å². The van der Waals surface area contributed by atoms with Crippen LogP contribution in [-0.2, 0) is 27.4 Å². The van der Waals surface area contributed by atoms with Crippen LogP contribution in [-0.4, -0.2) is 53.8 Å². The Hall–Kier alpha value is -1.80. The average molecular weight is 402 g/mol. The molecule has 2 aliphatic heterocycles. The minimum absolute atomic E-state index is 0.0598. The summed E-state index contributed by atoms with van der Waals surface area (Å²) < 4.78 is 12.0. The van der Waals surface area contributed by atoms with E-state index in [2.05, 4.69) is 22.1 Å². The number of carbonyl (C=O) groups excluding carboxylic acids is 1. The van der Waals surface area contributed by atoms with E-state index in [9.17, 15) is 4.79 Å². The van der Waals surface area contributed by atoms with Crippen molar-refractivity contribution < 1.29 is 14.3 Å². The molecule has 28 heavy (non-hydrogen) atoms. The summed E-state index contributed by atoms with van der Waals surface area (Å²) in [6, 6.07) is 9.92. The second-order valence-corrected chi connectivity index (χ2v) is 8.98. The lowest BCUT2D eigenvalue weighted by Crippen LogP contribution is -2.52. The molecule has 1 aromatic heterocycles. The maximum atomic E-state index is 12.6. The van der Waals surface area contributed by atoms with Gasteiger partial charge in [0.25, 0.3) is 0 Å². The number of amides is 1. The maximum Gasteiger partial charge on any atom is 0.249 e. The molecule has 0 bridgehead atoms. The van der Waals surface area contributed by atoms with Crippen LogP contribution in [0.15, 0.2) is 30.3 Å². The molecule has 2 atom stereocenters. The maximum absolute atomic E-state index is 12.6. The number of morpholine rings is 1. The van der Waals surface area contributed by atoms with E-state index in [1.807, 2.05) is 37.3 Å². The summed E-state index contributed by atoms with van der Waals surface area (Å²) >= 11 is 1.76. The Morgan fingerprint density at radius 1 is 1.36 bits per heavy atom. The van der Waals surface area contributed by atoms with Crippen molar-refractivity contribution in [2.75, 3.05) is 26.3 Å². The van der Waals surface area contributed by atoms with Gasteiger partial charge in [0.05, 0.1) is 23.9 Å². The fourth-order valence-corrected chi connectivity index (χ4v) is 4.95. The van der Waals surface area contributed by atoms with Gasteiger partial charge in [-0.2, -0.15) is 0 Å². The lowest BCUT2D eigenvalue weighted by molar-refractivity contribution is -0.130. The standard InChI is InChI=1S/C21H27N3O3S/c1-15-19(28-16(2)23-15)12-24-8-9-27-21(13-24)10-18(26-14-21)20(25)22-11-17-6-4-3-5-7-17/h3-7,18H,8-14H2,1-2H3,(H,22,25). The minimum atomic E-state index is -0.448. The van der Waals surface area contributed by atoms with Crippen molar-refractivity contribution in [3.8, 4) is 0 Å². The number of hydrogen-bond donors (Lipinski definition) is 1. The van der Waals surface area contributed by atoms with Gasteiger partial charge in [-0.15, -0.1) is 11.3 Å². The van der Waals surface area contributed by atoms with Crippen molar-refractivity contribution in [2.45, 2.75) is 45.1 Å². The molecule has 2 saturated heterocycles. The van der Waals surface area contributed by atoms with Crippen LogP contribution in [0.4, 0.5) is 0 Å². The van der Waals surface area contributed by atoms with Crippen molar-refractivity contribution in [2.24, 2.45) is 0 Å². The third-order valence-corrected chi connectivity index (χ3v) is 6.46. The summed E-state index contributed by atoms with van der Waals surface area (Å²) in [5.74, 6) is -0.0598. The number of nitrogens with zero attached hydrogens (tertiary/aromatic N) is 2. The molecule has 6 nitrogen and oxygen atoms in total. The molecule has 2 fully saturated rings. The molecule has 150 valence electrons. The highest BCUT2D eigenvalue weighted by Crippen LogP contribution is 2.32. The molecule has 0 saturated carbocycles. The lowest BCUT2D eigenvalue weighted by Gasteiger charge is -2.39. The summed E-state index contributed by atoms with van der Waals surface area (Å²) in [5, 5.41) is 4.09. The Morgan fingerprint density at radius 2 is 2.18 bits per heavy atom. The van der Waals surface area contributed by atoms with Crippen LogP contribution in [0.1, 0.15) is 27.6 Å². The van der Waals surface area contributed by atoms with Crippen LogP contribution in [0.2, 0.25) is 0 Å². The molecule has 1 spiro atoms. The zero-order valence-corrected chi connectivity index (χ0v) is 17.3. The first kappa shape index (κ1) is 19.5. The molecule has 2 unspecified atom stereocenters. The van der Waals surface area contributed by atoms with Gasteiger partial charge >= 0.3 is 0 Å². The van der Waals surface area contributed by atoms with E-state index in [4.69, 9.17) is 9.47 Å². The molecule has 3 heterocycles. The minimum Gasteiger partial charge on any atom is -0.370 e. The fourth-order valence-electron chi connectivity index (χ4n) is 3.97. The van der Waals surface area contributed by atoms with E-state index in [0.29, 0.717) is 26.2 Å². The van der Waals surface area contributed by atoms with Crippen molar-refractivity contribution in [3.63, 3.8) is 0 Å². The monoisotopic (exact) mass is 401 g/mol. The lowest BCUT2D eigenvalue weighted by atomic mass is 9.97. The van der Waals surface area contributed by atoms with Crippen LogP contribution in [0.3, 0.4) is 0 Å². The van der Waals surface area contributed by atoms with Gasteiger partial charge in [-0.05, 0) is 19.4 Å². The first-order valence-corrected chi connectivity index (χ1v) is 10.6. The van der Waals surface area contributed by atoms with E-state index in [1.54, 1.807) is 11.3 Å².